The molecular weight excluding hydrogens is 496 g/mol. The van der Waals surface area contributed by atoms with Crippen molar-refractivity contribution in [3.05, 3.63) is 58.0 Å². The van der Waals surface area contributed by atoms with Crippen LogP contribution in [0.5, 0.6) is 11.5 Å². The number of esters is 1. The Morgan fingerprint density at radius 3 is 2.59 bits per heavy atom. The van der Waals surface area contributed by atoms with Crippen LogP contribution in [0.4, 0.5) is 10.5 Å². The summed E-state index contributed by atoms with van der Waals surface area (Å²) in [5.74, 6) is -0.806. The third-order valence-corrected chi connectivity index (χ3v) is 6.34. The zero-order valence-corrected chi connectivity index (χ0v) is 22.1. The lowest BCUT2D eigenvalue weighted by Crippen LogP contribution is -2.34. The highest BCUT2D eigenvalue weighted by atomic mass is 32.2. The molecule has 3 rings (SSSR count). The predicted octanol–water partition coefficient (Wildman–Crippen LogP) is 4.71. The fraction of sp³-hybridized carbons (Fsp3) is 0.333. The van der Waals surface area contributed by atoms with E-state index in [0.29, 0.717) is 23.5 Å². The van der Waals surface area contributed by atoms with Gasteiger partial charge >= 0.3 is 5.97 Å². The van der Waals surface area contributed by atoms with E-state index in [1.807, 2.05) is 39.0 Å². The topological polar surface area (TPSA) is 111 Å². The minimum Gasteiger partial charge on any atom is -0.493 e. The van der Waals surface area contributed by atoms with Crippen molar-refractivity contribution in [2.24, 2.45) is 0 Å². The molecule has 0 radical (unpaired) electrons. The molecule has 0 unspecified atom stereocenters. The molecule has 2 aromatic carbocycles. The Labute approximate surface area is 220 Å². The Hall–Kier alpha value is -3.79. The van der Waals surface area contributed by atoms with Gasteiger partial charge in [-0.05, 0) is 73.0 Å². The quantitative estimate of drug-likeness (QED) is 0.255. The van der Waals surface area contributed by atoms with Crippen molar-refractivity contribution < 1.29 is 33.4 Å². The van der Waals surface area contributed by atoms with Crippen LogP contribution in [0, 0.1) is 13.8 Å². The van der Waals surface area contributed by atoms with Gasteiger partial charge in [-0.25, -0.2) is 0 Å². The average molecular weight is 527 g/mol. The number of aryl methyl sites for hydroxylation is 2. The summed E-state index contributed by atoms with van der Waals surface area (Å²) in [5, 5.41) is 2.30. The van der Waals surface area contributed by atoms with Gasteiger partial charge in [0.15, 0.2) is 18.1 Å². The second kappa shape index (κ2) is 13.0. The number of benzene rings is 2. The number of nitrogens with one attached hydrogen (secondary N) is 1. The molecule has 1 saturated heterocycles. The molecule has 0 bridgehead atoms. The maximum atomic E-state index is 12.7. The minimum absolute atomic E-state index is 0.176. The van der Waals surface area contributed by atoms with Crippen molar-refractivity contribution in [3.8, 4) is 11.5 Å². The lowest BCUT2D eigenvalue weighted by Gasteiger charge is -2.13. The summed E-state index contributed by atoms with van der Waals surface area (Å²) in [5.41, 5.74) is 3.28. The summed E-state index contributed by atoms with van der Waals surface area (Å²) in [6, 6.07) is 10.7. The summed E-state index contributed by atoms with van der Waals surface area (Å²) < 4.78 is 16.1. The Morgan fingerprint density at radius 2 is 1.86 bits per heavy atom. The summed E-state index contributed by atoms with van der Waals surface area (Å²) >= 11 is 0.748. The zero-order chi connectivity index (χ0) is 26.9. The number of thioether (sulfide) groups is 1. The average Bonchev–Trinajstić information content (AvgIpc) is 3.12. The maximum absolute atomic E-state index is 12.7. The summed E-state index contributed by atoms with van der Waals surface area (Å²) in [7, 11) is 1.46. The van der Waals surface area contributed by atoms with Crippen molar-refractivity contribution in [2.75, 3.05) is 32.2 Å². The number of unbranched alkanes of at least 4 members (excludes halogenated alkanes) is 1. The molecule has 1 aliphatic rings. The number of amides is 3. The highest BCUT2D eigenvalue weighted by Gasteiger charge is 2.36. The number of carbonyl (C=O) groups is 4. The van der Waals surface area contributed by atoms with Crippen LogP contribution in [0.25, 0.3) is 6.08 Å². The predicted molar refractivity (Wildman–Crippen MR) is 142 cm³/mol. The van der Waals surface area contributed by atoms with Gasteiger partial charge in [0.25, 0.3) is 17.1 Å². The van der Waals surface area contributed by atoms with E-state index in [2.05, 4.69) is 5.32 Å². The van der Waals surface area contributed by atoms with Crippen molar-refractivity contribution >= 4 is 46.5 Å². The van der Waals surface area contributed by atoms with Gasteiger partial charge in [-0.3, -0.25) is 24.1 Å². The SMILES string of the molecule is CCCCOC(=O)CN1C(=O)SC(=Cc2ccc(OCC(=O)Nc3cc(C)ccc3C)c(OC)c2)C1=O. The summed E-state index contributed by atoms with van der Waals surface area (Å²) in [6.07, 6.45) is 3.12. The van der Waals surface area contributed by atoms with E-state index >= 15 is 0 Å². The second-order valence-electron chi connectivity index (χ2n) is 8.41. The third-order valence-electron chi connectivity index (χ3n) is 5.43. The van der Waals surface area contributed by atoms with E-state index in [9.17, 15) is 19.2 Å². The maximum Gasteiger partial charge on any atom is 0.326 e. The first-order valence-electron chi connectivity index (χ1n) is 11.8. The van der Waals surface area contributed by atoms with Crippen LogP contribution in [0.1, 0.15) is 36.5 Å². The number of anilines is 1. The molecule has 10 heteroatoms. The largest absolute Gasteiger partial charge is 0.493 e. The summed E-state index contributed by atoms with van der Waals surface area (Å²) in [6.45, 7) is 5.42. The molecule has 1 N–H and O–H groups in total. The Bertz CT molecular complexity index is 1230. The zero-order valence-electron chi connectivity index (χ0n) is 21.3. The van der Waals surface area contributed by atoms with E-state index in [1.165, 1.54) is 13.2 Å². The van der Waals surface area contributed by atoms with Crippen LogP contribution >= 0.6 is 11.8 Å². The van der Waals surface area contributed by atoms with Crippen LogP contribution in [0.15, 0.2) is 41.3 Å². The molecule has 0 atom stereocenters. The van der Waals surface area contributed by atoms with E-state index in [1.54, 1.807) is 18.2 Å². The molecule has 0 aromatic heterocycles. The molecule has 1 aliphatic heterocycles. The number of nitrogens with zero attached hydrogens (tertiary/aromatic N) is 1. The van der Waals surface area contributed by atoms with Crippen LogP contribution < -0.4 is 14.8 Å². The van der Waals surface area contributed by atoms with Gasteiger partial charge in [-0.1, -0.05) is 31.5 Å². The summed E-state index contributed by atoms with van der Waals surface area (Å²) in [4.78, 5) is 50.4. The lowest BCUT2D eigenvalue weighted by atomic mass is 10.1. The van der Waals surface area contributed by atoms with Crippen LogP contribution in [-0.4, -0.2) is 54.8 Å². The fourth-order valence-corrected chi connectivity index (χ4v) is 4.22. The van der Waals surface area contributed by atoms with Crippen LogP contribution in [0.2, 0.25) is 0 Å². The van der Waals surface area contributed by atoms with Crippen LogP contribution in [0.3, 0.4) is 0 Å². The van der Waals surface area contributed by atoms with Crippen molar-refractivity contribution in [2.45, 2.75) is 33.6 Å². The van der Waals surface area contributed by atoms with Gasteiger partial charge in [-0.2, -0.15) is 0 Å². The molecule has 9 nitrogen and oxygen atoms in total. The molecule has 196 valence electrons. The molecule has 0 aliphatic carbocycles. The normalized spacial score (nSPS) is 14.2. The third kappa shape index (κ3) is 7.60. The highest BCUT2D eigenvalue weighted by Crippen LogP contribution is 2.34. The number of rotatable bonds is 11. The van der Waals surface area contributed by atoms with E-state index < -0.39 is 23.7 Å². The monoisotopic (exact) mass is 526 g/mol. The first kappa shape index (κ1) is 27.8. The fourth-order valence-electron chi connectivity index (χ4n) is 3.39. The molecule has 1 heterocycles. The number of methoxy groups -OCH3 is 1. The molecular formula is C27H30N2O7S. The van der Waals surface area contributed by atoms with Crippen LogP contribution in [-0.2, 0) is 19.1 Å². The van der Waals surface area contributed by atoms with Gasteiger partial charge in [0.1, 0.15) is 6.54 Å². The number of carbonyl (C=O) groups excluding carboxylic acids is 4. The molecule has 1 fully saturated rings. The van der Waals surface area contributed by atoms with Gasteiger partial charge < -0.3 is 19.5 Å². The van der Waals surface area contributed by atoms with Crippen molar-refractivity contribution in [1.29, 1.82) is 0 Å². The van der Waals surface area contributed by atoms with Gasteiger partial charge in [0.2, 0.25) is 0 Å². The van der Waals surface area contributed by atoms with Gasteiger partial charge in [-0.15, -0.1) is 0 Å². The Morgan fingerprint density at radius 1 is 1.08 bits per heavy atom. The highest BCUT2D eigenvalue weighted by molar-refractivity contribution is 8.18. The number of hydrogen-bond acceptors (Lipinski definition) is 8. The van der Waals surface area contributed by atoms with E-state index in [4.69, 9.17) is 14.2 Å². The van der Waals surface area contributed by atoms with Crippen molar-refractivity contribution in [3.63, 3.8) is 0 Å². The molecule has 37 heavy (non-hydrogen) atoms. The smallest absolute Gasteiger partial charge is 0.326 e. The number of hydrogen-bond donors (Lipinski definition) is 1. The second-order valence-corrected chi connectivity index (χ2v) is 9.40. The number of imide groups is 1. The van der Waals surface area contributed by atoms with E-state index in [-0.39, 0.29) is 24.0 Å². The Balaban J connectivity index is 1.63. The minimum atomic E-state index is -0.623. The van der Waals surface area contributed by atoms with Gasteiger partial charge in [0, 0.05) is 5.69 Å². The first-order chi connectivity index (χ1) is 17.7. The van der Waals surface area contributed by atoms with Gasteiger partial charge in [0.05, 0.1) is 18.6 Å². The first-order valence-corrected chi connectivity index (χ1v) is 12.6. The molecule has 0 saturated carbocycles. The Kier molecular flexibility index (Phi) is 9.73. The lowest BCUT2D eigenvalue weighted by molar-refractivity contribution is -0.146. The molecule has 2 aromatic rings. The molecule has 0 spiro atoms. The standard InChI is InChI=1S/C27H30N2O7S/c1-5-6-11-35-25(31)15-29-26(32)23(37-27(29)33)14-19-9-10-21(22(13-19)34-4)36-16-24(30)28-20-12-17(2)7-8-18(20)3/h7-10,12-14H,5-6,11,15-16H2,1-4H3,(H,28,30). The van der Waals surface area contributed by atoms with E-state index in [0.717, 1.165) is 39.9 Å². The van der Waals surface area contributed by atoms with Crippen molar-refractivity contribution in [1.82, 2.24) is 4.90 Å². The number of ether oxygens (including phenoxy) is 3. The molecule has 3 amide bonds.